The molecule has 0 amide bonds. The van der Waals surface area contributed by atoms with Crippen LogP contribution in [0.25, 0.3) is 0 Å². The highest BCUT2D eigenvalue weighted by Gasteiger charge is 2.00. The van der Waals surface area contributed by atoms with Gasteiger partial charge in [0.15, 0.2) is 0 Å². The van der Waals surface area contributed by atoms with Crippen LogP contribution in [-0.2, 0) is 9.53 Å². The van der Waals surface area contributed by atoms with E-state index in [1.165, 1.54) is 0 Å². The van der Waals surface area contributed by atoms with Crippen LogP contribution in [-0.4, -0.2) is 25.5 Å². The first-order valence-corrected chi connectivity index (χ1v) is 5.60. The molecule has 0 aromatic heterocycles. The van der Waals surface area contributed by atoms with E-state index in [2.05, 4.69) is 0 Å². The van der Waals surface area contributed by atoms with Gasteiger partial charge in [-0.15, -0.1) is 0 Å². The predicted octanol–water partition coefficient (Wildman–Crippen LogP) is 2.22. The molecule has 4 heteroatoms. The van der Waals surface area contributed by atoms with Crippen molar-refractivity contribution in [2.75, 3.05) is 13.2 Å². The second-order valence-electron chi connectivity index (χ2n) is 3.51. The van der Waals surface area contributed by atoms with Crippen molar-refractivity contribution < 1.29 is 19.1 Å². The molecule has 1 aromatic rings. The molecule has 1 aromatic carbocycles. The van der Waals surface area contributed by atoms with Gasteiger partial charge >= 0.3 is 5.97 Å². The minimum absolute atomic E-state index is 0.201. The van der Waals surface area contributed by atoms with Crippen molar-refractivity contribution in [3.8, 4) is 5.75 Å². The molecular formula is C13H16O4. The molecule has 0 aliphatic carbocycles. The van der Waals surface area contributed by atoms with Gasteiger partial charge in [0.2, 0.25) is 0 Å². The lowest BCUT2D eigenvalue weighted by Gasteiger charge is -2.07. The second-order valence-corrected chi connectivity index (χ2v) is 3.51. The van der Waals surface area contributed by atoms with Crippen LogP contribution in [0.15, 0.2) is 24.3 Å². The summed E-state index contributed by atoms with van der Waals surface area (Å²) in [6.45, 7) is 2.48. The number of carbonyl (C=O) groups excluding carboxylic acids is 2. The van der Waals surface area contributed by atoms with E-state index in [0.717, 1.165) is 12.7 Å². The molecule has 0 fully saturated rings. The molecule has 92 valence electrons. The van der Waals surface area contributed by atoms with Crippen LogP contribution in [0.1, 0.15) is 30.1 Å². The van der Waals surface area contributed by atoms with Gasteiger partial charge in [-0.2, -0.15) is 0 Å². The van der Waals surface area contributed by atoms with Crippen molar-refractivity contribution in [2.24, 2.45) is 0 Å². The van der Waals surface area contributed by atoms with E-state index in [4.69, 9.17) is 9.47 Å². The zero-order valence-electron chi connectivity index (χ0n) is 9.85. The number of hydrogen-bond donors (Lipinski definition) is 0. The largest absolute Gasteiger partial charge is 0.490 e. The molecule has 17 heavy (non-hydrogen) atoms. The van der Waals surface area contributed by atoms with Crippen molar-refractivity contribution >= 4 is 12.3 Å². The third kappa shape index (κ3) is 5.15. The van der Waals surface area contributed by atoms with Crippen molar-refractivity contribution in [3.05, 3.63) is 29.8 Å². The Balaban J connectivity index is 2.21. The van der Waals surface area contributed by atoms with Crippen molar-refractivity contribution in [1.29, 1.82) is 0 Å². The smallest absolute Gasteiger partial charge is 0.305 e. The van der Waals surface area contributed by atoms with Crippen LogP contribution >= 0.6 is 0 Å². The number of carbonyl (C=O) groups is 2. The van der Waals surface area contributed by atoms with Gasteiger partial charge < -0.3 is 9.47 Å². The van der Waals surface area contributed by atoms with Crippen LogP contribution in [0.3, 0.4) is 0 Å². The van der Waals surface area contributed by atoms with Gasteiger partial charge in [-0.25, -0.2) is 0 Å². The Hall–Kier alpha value is -1.84. The van der Waals surface area contributed by atoms with Crippen molar-refractivity contribution in [3.63, 3.8) is 0 Å². The van der Waals surface area contributed by atoms with Crippen molar-refractivity contribution in [1.82, 2.24) is 0 Å². The number of esters is 1. The molecular weight excluding hydrogens is 220 g/mol. The number of rotatable bonds is 7. The Morgan fingerprint density at radius 3 is 2.53 bits per heavy atom. The summed E-state index contributed by atoms with van der Waals surface area (Å²) in [5.74, 6) is 0.453. The lowest BCUT2D eigenvalue weighted by molar-refractivity contribution is -0.144. The molecule has 0 heterocycles. The minimum Gasteiger partial charge on any atom is -0.490 e. The SMILES string of the molecule is CCCC(=O)OCCOc1ccc(C=O)cc1. The van der Waals surface area contributed by atoms with Gasteiger partial charge in [-0.1, -0.05) is 6.92 Å². The summed E-state index contributed by atoms with van der Waals surface area (Å²) in [7, 11) is 0. The van der Waals surface area contributed by atoms with Gasteiger partial charge in [0.1, 0.15) is 25.2 Å². The van der Waals surface area contributed by atoms with E-state index in [1.54, 1.807) is 24.3 Å². The quantitative estimate of drug-likeness (QED) is 0.414. The minimum atomic E-state index is -0.201. The molecule has 0 radical (unpaired) electrons. The Morgan fingerprint density at radius 1 is 1.24 bits per heavy atom. The average molecular weight is 236 g/mol. The highest BCUT2D eigenvalue weighted by molar-refractivity contribution is 5.74. The highest BCUT2D eigenvalue weighted by atomic mass is 16.6. The molecule has 0 bridgehead atoms. The summed E-state index contributed by atoms with van der Waals surface area (Å²) in [6, 6.07) is 6.76. The van der Waals surface area contributed by atoms with Crippen LogP contribution < -0.4 is 4.74 Å². The molecule has 0 aliphatic heterocycles. The first kappa shape index (κ1) is 13.2. The Labute approximate surface area is 101 Å². The van der Waals surface area contributed by atoms with E-state index in [0.29, 0.717) is 24.3 Å². The van der Waals surface area contributed by atoms with Crippen molar-refractivity contribution in [2.45, 2.75) is 19.8 Å². The summed E-state index contributed by atoms with van der Waals surface area (Å²) in [5, 5.41) is 0. The summed E-state index contributed by atoms with van der Waals surface area (Å²) in [4.78, 5) is 21.4. The van der Waals surface area contributed by atoms with Gasteiger partial charge in [-0.3, -0.25) is 9.59 Å². The van der Waals surface area contributed by atoms with Crippen LogP contribution in [0, 0.1) is 0 Å². The van der Waals surface area contributed by atoms with E-state index in [1.807, 2.05) is 6.92 Å². The molecule has 0 saturated carbocycles. The second kappa shape index (κ2) is 7.44. The standard InChI is InChI=1S/C13H16O4/c1-2-3-13(15)17-9-8-16-12-6-4-11(10-14)5-7-12/h4-7,10H,2-3,8-9H2,1H3. The predicted molar refractivity (Wildman–Crippen MR) is 63.2 cm³/mol. The fraction of sp³-hybridized carbons (Fsp3) is 0.385. The van der Waals surface area contributed by atoms with Crippen LogP contribution in [0.5, 0.6) is 5.75 Å². The normalized spacial score (nSPS) is 9.71. The monoisotopic (exact) mass is 236 g/mol. The van der Waals surface area contributed by atoms with Gasteiger partial charge in [0.25, 0.3) is 0 Å². The van der Waals surface area contributed by atoms with E-state index in [9.17, 15) is 9.59 Å². The Morgan fingerprint density at radius 2 is 1.94 bits per heavy atom. The topological polar surface area (TPSA) is 52.6 Å². The lowest BCUT2D eigenvalue weighted by atomic mass is 10.2. The van der Waals surface area contributed by atoms with Gasteiger partial charge in [0.05, 0.1) is 0 Å². The fourth-order valence-electron chi connectivity index (χ4n) is 1.23. The molecule has 0 N–H and O–H groups in total. The maximum atomic E-state index is 11.0. The molecule has 0 aliphatic rings. The summed E-state index contributed by atoms with van der Waals surface area (Å²) < 4.78 is 10.3. The zero-order chi connectivity index (χ0) is 12.5. The molecule has 0 atom stereocenters. The third-order valence-electron chi connectivity index (χ3n) is 2.09. The zero-order valence-corrected chi connectivity index (χ0v) is 9.85. The number of aldehydes is 1. The maximum Gasteiger partial charge on any atom is 0.305 e. The Bertz CT molecular complexity index is 356. The number of benzene rings is 1. The summed E-state index contributed by atoms with van der Waals surface area (Å²) in [5.41, 5.74) is 0.603. The summed E-state index contributed by atoms with van der Waals surface area (Å²) in [6.07, 6.45) is 2.00. The van der Waals surface area contributed by atoms with E-state index < -0.39 is 0 Å². The lowest BCUT2D eigenvalue weighted by Crippen LogP contribution is -2.11. The summed E-state index contributed by atoms with van der Waals surface area (Å²) >= 11 is 0. The third-order valence-corrected chi connectivity index (χ3v) is 2.09. The molecule has 4 nitrogen and oxygen atoms in total. The first-order valence-electron chi connectivity index (χ1n) is 5.60. The maximum absolute atomic E-state index is 11.0. The fourth-order valence-corrected chi connectivity index (χ4v) is 1.23. The molecule has 0 spiro atoms. The number of hydrogen-bond acceptors (Lipinski definition) is 4. The van der Waals surface area contributed by atoms with E-state index in [-0.39, 0.29) is 12.6 Å². The van der Waals surface area contributed by atoms with Gasteiger partial charge in [-0.05, 0) is 30.7 Å². The molecule has 1 rings (SSSR count). The average Bonchev–Trinajstić information content (AvgIpc) is 2.36. The van der Waals surface area contributed by atoms with Crippen LogP contribution in [0.2, 0.25) is 0 Å². The van der Waals surface area contributed by atoms with Gasteiger partial charge in [0, 0.05) is 12.0 Å². The first-order chi connectivity index (χ1) is 8.26. The number of ether oxygens (including phenoxy) is 2. The van der Waals surface area contributed by atoms with E-state index >= 15 is 0 Å². The molecule has 0 saturated heterocycles. The Kier molecular flexibility index (Phi) is 5.79. The molecule has 0 unspecified atom stereocenters. The highest BCUT2D eigenvalue weighted by Crippen LogP contribution is 2.10. The van der Waals surface area contributed by atoms with Crippen LogP contribution in [0.4, 0.5) is 0 Å².